The van der Waals surface area contributed by atoms with Crippen LogP contribution in [0, 0.1) is 5.82 Å². The van der Waals surface area contributed by atoms with Gasteiger partial charge >= 0.3 is 0 Å². The molecule has 1 fully saturated rings. The standard InChI is InChI=1S/C31H29ClF2N6O/c1-2-23(24-13-12-22(33)18-26(24)32)30(20-9-6-19(7-10-20)8-15-28-35-38-39-36-28)21-11-14-27-25(17-21)31(34)37-40(27)29-5-3-4-16-41-29/h6-15,17-18,29,31,37H,2-5,16H2,1H3,(H,35,36,38,39)/b15-8+,30-23+. The number of hydrogen-bond acceptors (Lipinski definition) is 6. The van der Waals surface area contributed by atoms with Crippen LogP contribution in [0.1, 0.15) is 72.5 Å². The molecule has 0 spiro atoms. The van der Waals surface area contributed by atoms with Crippen LogP contribution in [0.25, 0.3) is 23.3 Å². The third-order valence-corrected chi connectivity index (χ3v) is 7.76. The fraction of sp³-hybridized carbons (Fsp3) is 0.258. The molecule has 10 heteroatoms. The second-order valence-corrected chi connectivity index (χ2v) is 10.4. The van der Waals surface area contributed by atoms with Gasteiger partial charge in [0, 0.05) is 12.2 Å². The first kappa shape index (κ1) is 27.3. The largest absolute Gasteiger partial charge is 0.357 e. The molecule has 0 amide bonds. The molecule has 41 heavy (non-hydrogen) atoms. The summed E-state index contributed by atoms with van der Waals surface area (Å²) in [5.41, 5.74) is 9.56. The van der Waals surface area contributed by atoms with Gasteiger partial charge in [0.05, 0.1) is 10.7 Å². The monoisotopic (exact) mass is 574 g/mol. The number of nitrogens with one attached hydrogen (secondary N) is 2. The predicted molar refractivity (Wildman–Crippen MR) is 157 cm³/mol. The van der Waals surface area contributed by atoms with Crippen LogP contribution < -0.4 is 10.4 Å². The summed E-state index contributed by atoms with van der Waals surface area (Å²) >= 11 is 6.57. The number of hydrogen-bond donors (Lipinski definition) is 2. The van der Waals surface area contributed by atoms with E-state index in [-0.39, 0.29) is 6.23 Å². The third kappa shape index (κ3) is 5.66. The molecule has 3 aromatic carbocycles. The Morgan fingerprint density at radius 1 is 1.07 bits per heavy atom. The molecule has 0 saturated carbocycles. The molecule has 0 radical (unpaired) electrons. The van der Waals surface area contributed by atoms with E-state index in [4.69, 9.17) is 16.3 Å². The fourth-order valence-electron chi connectivity index (χ4n) is 5.48. The molecule has 4 aromatic rings. The number of allylic oxidation sites excluding steroid dienone is 1. The Morgan fingerprint density at radius 3 is 2.61 bits per heavy atom. The van der Waals surface area contributed by atoms with Crippen molar-refractivity contribution in [2.24, 2.45) is 0 Å². The van der Waals surface area contributed by atoms with Crippen molar-refractivity contribution in [2.75, 3.05) is 11.6 Å². The van der Waals surface area contributed by atoms with Crippen LogP contribution >= 0.6 is 11.6 Å². The van der Waals surface area contributed by atoms with Crippen LogP contribution in [0.15, 0.2) is 60.7 Å². The number of aromatic amines is 1. The van der Waals surface area contributed by atoms with E-state index < -0.39 is 12.1 Å². The first-order valence-electron chi connectivity index (χ1n) is 13.7. The summed E-state index contributed by atoms with van der Waals surface area (Å²) in [4.78, 5) is 0. The maximum absolute atomic E-state index is 15.4. The van der Waals surface area contributed by atoms with Gasteiger partial charge in [-0.05, 0) is 99.9 Å². The molecule has 0 aliphatic carbocycles. The van der Waals surface area contributed by atoms with E-state index in [0.717, 1.165) is 58.3 Å². The number of tetrazole rings is 1. The predicted octanol–water partition coefficient (Wildman–Crippen LogP) is 7.35. The van der Waals surface area contributed by atoms with Gasteiger partial charge < -0.3 is 4.74 Å². The van der Waals surface area contributed by atoms with Gasteiger partial charge in [0.2, 0.25) is 0 Å². The number of halogens is 3. The number of alkyl halides is 1. The fourth-order valence-corrected chi connectivity index (χ4v) is 5.76. The summed E-state index contributed by atoms with van der Waals surface area (Å²) in [5, 5.41) is 15.9. The summed E-state index contributed by atoms with van der Waals surface area (Å²) in [6.45, 7) is 2.70. The lowest BCUT2D eigenvalue weighted by molar-refractivity contribution is 0.00520. The molecule has 1 saturated heterocycles. The van der Waals surface area contributed by atoms with Crippen LogP contribution in [0.3, 0.4) is 0 Å². The Morgan fingerprint density at radius 2 is 1.90 bits per heavy atom. The van der Waals surface area contributed by atoms with Gasteiger partial charge in [0.25, 0.3) is 0 Å². The molecule has 1 aromatic heterocycles. The zero-order valence-corrected chi connectivity index (χ0v) is 23.2. The number of nitrogens with zero attached hydrogens (tertiary/aromatic N) is 4. The number of hydrazine groups is 1. The molecule has 3 heterocycles. The topological polar surface area (TPSA) is 79.0 Å². The number of H-pyrrole nitrogens is 1. The minimum absolute atomic E-state index is 0.207. The maximum Gasteiger partial charge on any atom is 0.195 e. The Hall–Kier alpha value is -3.92. The minimum atomic E-state index is -1.37. The van der Waals surface area contributed by atoms with Crippen LogP contribution in [0.4, 0.5) is 14.5 Å². The molecule has 6 rings (SSSR count). The molecule has 2 aliphatic heterocycles. The number of rotatable bonds is 7. The van der Waals surface area contributed by atoms with Crippen molar-refractivity contribution in [3.8, 4) is 0 Å². The normalized spacial score (nSPS) is 19.5. The van der Waals surface area contributed by atoms with Crippen molar-refractivity contribution in [3.05, 3.63) is 105 Å². The van der Waals surface area contributed by atoms with Gasteiger partial charge in [-0.3, -0.25) is 5.01 Å². The lowest BCUT2D eigenvalue weighted by atomic mass is 9.87. The van der Waals surface area contributed by atoms with Crippen LogP contribution in [0.2, 0.25) is 5.02 Å². The zero-order chi connectivity index (χ0) is 28.3. The van der Waals surface area contributed by atoms with E-state index >= 15 is 4.39 Å². The van der Waals surface area contributed by atoms with Gasteiger partial charge in [-0.15, -0.1) is 5.10 Å². The molecule has 210 valence electrons. The highest BCUT2D eigenvalue weighted by Crippen LogP contribution is 2.42. The van der Waals surface area contributed by atoms with Crippen molar-refractivity contribution in [1.82, 2.24) is 26.0 Å². The lowest BCUT2D eigenvalue weighted by Gasteiger charge is -2.32. The van der Waals surface area contributed by atoms with Crippen molar-refractivity contribution >= 4 is 40.6 Å². The molecular formula is C31H29ClF2N6O. The Bertz CT molecular complexity index is 1580. The highest BCUT2D eigenvalue weighted by molar-refractivity contribution is 6.32. The van der Waals surface area contributed by atoms with Crippen LogP contribution in [-0.2, 0) is 4.74 Å². The number of aromatic nitrogens is 4. The zero-order valence-electron chi connectivity index (χ0n) is 22.4. The van der Waals surface area contributed by atoms with Gasteiger partial charge in [0.1, 0.15) is 12.0 Å². The summed E-state index contributed by atoms with van der Waals surface area (Å²) in [6.07, 6.45) is 5.64. The minimum Gasteiger partial charge on any atom is -0.357 e. The smallest absolute Gasteiger partial charge is 0.195 e. The van der Waals surface area contributed by atoms with E-state index in [1.807, 2.05) is 60.5 Å². The molecule has 2 atom stereocenters. The quantitative estimate of drug-likeness (QED) is 0.177. The second-order valence-electron chi connectivity index (χ2n) is 10.0. The van der Waals surface area contributed by atoms with Crippen molar-refractivity contribution in [1.29, 1.82) is 0 Å². The third-order valence-electron chi connectivity index (χ3n) is 7.45. The molecule has 0 bridgehead atoms. The Kier molecular flexibility index (Phi) is 7.91. The summed E-state index contributed by atoms with van der Waals surface area (Å²) < 4.78 is 35.3. The van der Waals surface area contributed by atoms with Crippen LogP contribution in [-0.4, -0.2) is 33.5 Å². The number of ether oxygens (including phenoxy) is 1. The number of fused-ring (bicyclic) bond motifs is 1. The average Bonchev–Trinajstić information content (AvgIpc) is 3.64. The first-order valence-corrected chi connectivity index (χ1v) is 14.1. The van der Waals surface area contributed by atoms with E-state index in [2.05, 4.69) is 26.0 Å². The SMILES string of the molecule is CC/C(=C(/c1ccc(/C=C/c2nnn[nH]2)cc1)c1ccc2c(c1)C(F)NN2C1CCCCO1)c1ccc(F)cc1Cl. The highest BCUT2D eigenvalue weighted by atomic mass is 35.5. The number of anilines is 1. The molecule has 7 nitrogen and oxygen atoms in total. The molecular weight excluding hydrogens is 546 g/mol. The van der Waals surface area contributed by atoms with E-state index in [9.17, 15) is 4.39 Å². The molecule has 2 aliphatic rings. The highest BCUT2D eigenvalue weighted by Gasteiger charge is 2.34. The van der Waals surface area contributed by atoms with Gasteiger partial charge in [-0.25, -0.2) is 13.9 Å². The summed E-state index contributed by atoms with van der Waals surface area (Å²) in [5.74, 6) is 0.150. The van der Waals surface area contributed by atoms with E-state index in [1.54, 1.807) is 12.1 Å². The lowest BCUT2D eigenvalue weighted by Crippen LogP contribution is -2.45. The summed E-state index contributed by atoms with van der Waals surface area (Å²) in [7, 11) is 0. The maximum atomic E-state index is 15.4. The van der Waals surface area contributed by atoms with E-state index in [0.29, 0.717) is 29.4 Å². The molecule has 2 unspecified atom stereocenters. The van der Waals surface area contributed by atoms with Crippen molar-refractivity contribution in [2.45, 2.75) is 45.1 Å². The number of benzene rings is 3. The van der Waals surface area contributed by atoms with Crippen molar-refractivity contribution < 1.29 is 13.5 Å². The van der Waals surface area contributed by atoms with Crippen molar-refractivity contribution in [3.63, 3.8) is 0 Å². The van der Waals surface area contributed by atoms with Gasteiger partial charge in [-0.1, -0.05) is 61.0 Å². The van der Waals surface area contributed by atoms with Crippen LogP contribution in [0.5, 0.6) is 0 Å². The molecule has 2 N–H and O–H groups in total. The average molecular weight is 575 g/mol. The Balaban J connectivity index is 1.44. The summed E-state index contributed by atoms with van der Waals surface area (Å²) in [6, 6.07) is 18.3. The van der Waals surface area contributed by atoms with Gasteiger partial charge in [0.15, 0.2) is 12.1 Å². The van der Waals surface area contributed by atoms with E-state index in [1.165, 1.54) is 12.1 Å². The van der Waals surface area contributed by atoms with Gasteiger partial charge in [-0.2, -0.15) is 5.43 Å². The second kappa shape index (κ2) is 11.9. The Labute approximate surface area is 241 Å². The first-order chi connectivity index (χ1) is 20.0.